The molecule has 2 rings (SSSR count). The molecule has 106 valence electrons. The van der Waals surface area contributed by atoms with Gasteiger partial charge in [0.2, 0.25) is 0 Å². The second-order valence-corrected chi connectivity index (χ2v) is 4.98. The Kier molecular flexibility index (Phi) is 5.11. The van der Waals surface area contributed by atoms with E-state index in [9.17, 15) is 9.18 Å². The molecule has 0 aliphatic rings. The summed E-state index contributed by atoms with van der Waals surface area (Å²) in [6, 6.07) is 5.62. The van der Waals surface area contributed by atoms with E-state index in [1.165, 1.54) is 18.2 Å². The average molecular weight is 341 g/mol. The standard InChI is InChI=1S/C13H14BrFN4O/c14-11-9-10(15)3-4-12(11)18-13(20)16-5-1-7-19-8-2-6-17-19/h2-4,6,8-9H,1,5,7H2,(H2,16,18,20). The fraction of sp³-hybridized carbons (Fsp3) is 0.231. The lowest BCUT2D eigenvalue weighted by molar-refractivity contribution is 0.251. The Bertz CT molecular complexity index is 574. The number of urea groups is 1. The van der Waals surface area contributed by atoms with Crippen LogP contribution in [0.4, 0.5) is 14.9 Å². The van der Waals surface area contributed by atoms with Crippen LogP contribution in [0.25, 0.3) is 0 Å². The van der Waals surface area contributed by atoms with Crippen LogP contribution in [0.5, 0.6) is 0 Å². The molecule has 1 heterocycles. The lowest BCUT2D eigenvalue weighted by Crippen LogP contribution is -2.30. The molecule has 0 fully saturated rings. The summed E-state index contributed by atoms with van der Waals surface area (Å²) in [6.07, 6.45) is 4.36. The number of aromatic nitrogens is 2. The van der Waals surface area contributed by atoms with E-state index in [-0.39, 0.29) is 11.8 Å². The predicted octanol–water partition coefficient (Wildman–Crippen LogP) is 3.00. The van der Waals surface area contributed by atoms with Crippen LogP contribution < -0.4 is 10.6 Å². The SMILES string of the molecule is O=C(NCCCn1cccn1)Nc1ccc(F)cc1Br. The highest BCUT2D eigenvalue weighted by Gasteiger charge is 2.05. The molecule has 2 N–H and O–H groups in total. The van der Waals surface area contributed by atoms with Gasteiger partial charge in [0.1, 0.15) is 5.82 Å². The van der Waals surface area contributed by atoms with Gasteiger partial charge >= 0.3 is 6.03 Å². The summed E-state index contributed by atoms with van der Waals surface area (Å²) in [6.45, 7) is 1.28. The Morgan fingerprint density at radius 3 is 3.00 bits per heavy atom. The first-order valence-electron chi connectivity index (χ1n) is 6.12. The van der Waals surface area contributed by atoms with Crippen molar-refractivity contribution >= 4 is 27.6 Å². The number of aryl methyl sites for hydroxylation is 1. The fourth-order valence-electron chi connectivity index (χ4n) is 1.63. The summed E-state index contributed by atoms with van der Waals surface area (Å²) < 4.78 is 15.2. The third-order valence-electron chi connectivity index (χ3n) is 2.59. The molecule has 2 amide bonds. The number of carbonyl (C=O) groups excluding carboxylic acids is 1. The molecule has 0 saturated carbocycles. The maximum Gasteiger partial charge on any atom is 0.319 e. The minimum atomic E-state index is -0.359. The summed E-state index contributed by atoms with van der Waals surface area (Å²) in [5, 5.41) is 9.44. The number of anilines is 1. The minimum Gasteiger partial charge on any atom is -0.338 e. The van der Waals surface area contributed by atoms with Gasteiger partial charge in [-0.15, -0.1) is 0 Å². The lowest BCUT2D eigenvalue weighted by Gasteiger charge is -2.09. The Balaban J connectivity index is 1.72. The second-order valence-electron chi connectivity index (χ2n) is 4.13. The zero-order valence-electron chi connectivity index (χ0n) is 10.6. The van der Waals surface area contributed by atoms with Crippen molar-refractivity contribution in [1.82, 2.24) is 15.1 Å². The smallest absolute Gasteiger partial charge is 0.319 e. The number of hydrogen-bond donors (Lipinski definition) is 2. The highest BCUT2D eigenvalue weighted by Crippen LogP contribution is 2.22. The number of hydrogen-bond acceptors (Lipinski definition) is 2. The molecule has 7 heteroatoms. The number of amides is 2. The van der Waals surface area contributed by atoms with Crippen LogP contribution in [0.15, 0.2) is 41.1 Å². The topological polar surface area (TPSA) is 59.0 Å². The van der Waals surface area contributed by atoms with Gasteiger partial charge in [0.15, 0.2) is 0 Å². The number of benzene rings is 1. The average Bonchev–Trinajstić information content (AvgIpc) is 2.91. The van der Waals surface area contributed by atoms with Crippen LogP contribution >= 0.6 is 15.9 Å². The molecule has 0 saturated heterocycles. The van der Waals surface area contributed by atoms with Crippen molar-refractivity contribution in [3.05, 3.63) is 46.9 Å². The summed E-state index contributed by atoms with van der Waals surface area (Å²) in [4.78, 5) is 11.7. The van der Waals surface area contributed by atoms with Crippen molar-refractivity contribution in [2.75, 3.05) is 11.9 Å². The molecule has 0 unspecified atom stereocenters. The molecule has 0 radical (unpaired) electrons. The zero-order valence-corrected chi connectivity index (χ0v) is 12.2. The number of rotatable bonds is 5. The normalized spacial score (nSPS) is 10.3. The van der Waals surface area contributed by atoms with E-state index in [2.05, 4.69) is 31.7 Å². The summed E-state index contributed by atoms with van der Waals surface area (Å²) in [7, 11) is 0. The van der Waals surface area contributed by atoms with E-state index in [0.29, 0.717) is 16.7 Å². The Morgan fingerprint density at radius 1 is 1.45 bits per heavy atom. The van der Waals surface area contributed by atoms with Crippen molar-refractivity contribution < 1.29 is 9.18 Å². The van der Waals surface area contributed by atoms with Gasteiger partial charge in [0, 0.05) is 30.0 Å². The van der Waals surface area contributed by atoms with Crippen molar-refractivity contribution in [3.8, 4) is 0 Å². The number of halogens is 2. The van der Waals surface area contributed by atoms with Crippen molar-refractivity contribution in [2.24, 2.45) is 0 Å². The second kappa shape index (κ2) is 7.04. The van der Waals surface area contributed by atoms with Crippen LogP contribution in [0, 0.1) is 5.82 Å². The monoisotopic (exact) mass is 340 g/mol. The third kappa shape index (κ3) is 4.34. The highest BCUT2D eigenvalue weighted by atomic mass is 79.9. The van der Waals surface area contributed by atoms with Crippen molar-refractivity contribution in [2.45, 2.75) is 13.0 Å². The summed E-state index contributed by atoms with van der Waals surface area (Å²) in [5.74, 6) is -0.359. The van der Waals surface area contributed by atoms with E-state index in [0.717, 1.165) is 13.0 Å². The quantitative estimate of drug-likeness (QED) is 0.822. The maximum atomic E-state index is 12.9. The molecule has 0 bridgehead atoms. The molecule has 20 heavy (non-hydrogen) atoms. The van der Waals surface area contributed by atoms with Crippen LogP contribution in [0.2, 0.25) is 0 Å². The van der Waals surface area contributed by atoms with E-state index >= 15 is 0 Å². The van der Waals surface area contributed by atoms with E-state index in [1.54, 1.807) is 10.9 Å². The molecular formula is C13H14BrFN4O. The third-order valence-corrected chi connectivity index (χ3v) is 3.24. The summed E-state index contributed by atoms with van der Waals surface area (Å²) >= 11 is 3.19. The first kappa shape index (κ1) is 14.5. The van der Waals surface area contributed by atoms with Crippen molar-refractivity contribution in [1.29, 1.82) is 0 Å². The minimum absolute atomic E-state index is 0.322. The number of nitrogens with one attached hydrogen (secondary N) is 2. The first-order chi connectivity index (χ1) is 9.65. The maximum absolute atomic E-state index is 12.9. The molecular weight excluding hydrogens is 327 g/mol. The number of carbonyl (C=O) groups is 1. The fourth-order valence-corrected chi connectivity index (χ4v) is 2.08. The first-order valence-corrected chi connectivity index (χ1v) is 6.92. The van der Waals surface area contributed by atoms with Crippen LogP contribution in [-0.4, -0.2) is 22.4 Å². The molecule has 5 nitrogen and oxygen atoms in total. The van der Waals surface area contributed by atoms with Crippen LogP contribution in [-0.2, 0) is 6.54 Å². The Labute approximate surface area is 124 Å². The zero-order chi connectivity index (χ0) is 14.4. The molecule has 0 atom stereocenters. The van der Waals surface area contributed by atoms with Crippen LogP contribution in [0.3, 0.4) is 0 Å². The Morgan fingerprint density at radius 2 is 2.30 bits per heavy atom. The predicted molar refractivity (Wildman–Crippen MR) is 78.0 cm³/mol. The molecule has 0 aliphatic carbocycles. The lowest BCUT2D eigenvalue weighted by atomic mass is 10.3. The van der Waals surface area contributed by atoms with Gasteiger partial charge in [0.05, 0.1) is 5.69 Å². The largest absolute Gasteiger partial charge is 0.338 e. The number of nitrogens with zero attached hydrogens (tertiary/aromatic N) is 2. The van der Waals surface area contributed by atoms with E-state index < -0.39 is 0 Å². The van der Waals surface area contributed by atoms with Gasteiger partial charge in [-0.25, -0.2) is 9.18 Å². The van der Waals surface area contributed by atoms with Gasteiger partial charge in [-0.05, 0) is 46.6 Å². The van der Waals surface area contributed by atoms with Gasteiger partial charge < -0.3 is 10.6 Å². The highest BCUT2D eigenvalue weighted by molar-refractivity contribution is 9.10. The molecule has 2 aromatic rings. The Hall–Kier alpha value is -1.89. The summed E-state index contributed by atoms with van der Waals surface area (Å²) in [5.41, 5.74) is 0.524. The molecule has 0 aliphatic heterocycles. The van der Waals surface area contributed by atoms with Crippen LogP contribution in [0.1, 0.15) is 6.42 Å². The van der Waals surface area contributed by atoms with Gasteiger partial charge in [-0.1, -0.05) is 0 Å². The molecule has 1 aromatic carbocycles. The van der Waals surface area contributed by atoms with E-state index in [4.69, 9.17) is 0 Å². The van der Waals surface area contributed by atoms with Gasteiger partial charge in [-0.3, -0.25) is 4.68 Å². The molecule has 0 spiro atoms. The van der Waals surface area contributed by atoms with E-state index in [1.807, 2.05) is 12.3 Å². The molecule has 1 aromatic heterocycles. The van der Waals surface area contributed by atoms with Crippen molar-refractivity contribution in [3.63, 3.8) is 0 Å². The van der Waals surface area contributed by atoms with Gasteiger partial charge in [0.25, 0.3) is 0 Å². The van der Waals surface area contributed by atoms with Gasteiger partial charge in [-0.2, -0.15) is 5.10 Å².